The molecule has 0 spiro atoms. The summed E-state index contributed by atoms with van der Waals surface area (Å²) in [4.78, 5) is 17.1. The van der Waals surface area contributed by atoms with Gasteiger partial charge in [-0.3, -0.25) is 4.79 Å². The summed E-state index contributed by atoms with van der Waals surface area (Å²) in [5, 5.41) is 7.35. The zero-order valence-corrected chi connectivity index (χ0v) is 18.5. The second kappa shape index (κ2) is 10.4. The Hall–Kier alpha value is -2.95. The van der Waals surface area contributed by atoms with Gasteiger partial charge in [0.15, 0.2) is 0 Å². The van der Waals surface area contributed by atoms with E-state index in [0.29, 0.717) is 27.6 Å². The molecule has 162 valence electrons. The number of carbonyl (C=O) groups excluding carboxylic acids is 1. The third-order valence-corrected chi connectivity index (χ3v) is 6.42. The average molecular weight is 459 g/mol. The summed E-state index contributed by atoms with van der Waals surface area (Å²) in [5.74, 6) is 0.791. The summed E-state index contributed by atoms with van der Waals surface area (Å²) >= 11 is 1.39. The first kappa shape index (κ1) is 22.7. The highest BCUT2D eigenvalue weighted by Crippen LogP contribution is 2.25. The van der Waals surface area contributed by atoms with E-state index in [1.807, 2.05) is 13.0 Å². The molecule has 0 fully saturated rings. The van der Waals surface area contributed by atoms with E-state index >= 15 is 0 Å². The largest absolute Gasteiger partial charge is 0.361 e. The number of nitrogens with one attached hydrogen (secondary N) is 2. The number of benzene rings is 1. The van der Waals surface area contributed by atoms with Crippen LogP contribution in [0, 0.1) is 6.92 Å². The lowest BCUT2D eigenvalue weighted by molar-refractivity contribution is 0.102. The molecule has 1 amide bonds. The molecule has 0 unspecified atom stereocenters. The third kappa shape index (κ3) is 6.78. The quantitative estimate of drug-likeness (QED) is 0.353. The van der Waals surface area contributed by atoms with Crippen molar-refractivity contribution in [2.24, 2.45) is 0 Å². The number of thioether (sulfide) groups is 1. The van der Waals surface area contributed by atoms with Gasteiger partial charge in [-0.2, -0.15) is 0 Å². The number of rotatable bonds is 10. The zero-order chi connectivity index (χ0) is 22.3. The lowest BCUT2D eigenvalue weighted by Gasteiger charge is -2.10. The van der Waals surface area contributed by atoms with Crippen LogP contribution in [0.4, 0.5) is 5.69 Å². The van der Waals surface area contributed by atoms with E-state index in [0.717, 1.165) is 11.5 Å². The molecule has 3 aromatic rings. The number of amides is 1. The highest BCUT2D eigenvalue weighted by molar-refractivity contribution is 7.98. The number of aryl methyl sites for hydroxylation is 1. The Morgan fingerprint density at radius 1 is 1.26 bits per heavy atom. The predicted molar refractivity (Wildman–Crippen MR) is 120 cm³/mol. The number of hydrogen-bond acceptors (Lipinski definition) is 7. The lowest BCUT2D eigenvalue weighted by Crippen LogP contribution is -2.25. The predicted octanol–water partition coefficient (Wildman–Crippen LogP) is 3.53. The summed E-state index contributed by atoms with van der Waals surface area (Å²) in [5.41, 5.74) is 2.37. The van der Waals surface area contributed by atoms with Crippen molar-refractivity contribution < 1.29 is 17.7 Å². The minimum absolute atomic E-state index is 0.153. The normalized spacial score (nSPS) is 11.3. The Labute approximate surface area is 185 Å². The van der Waals surface area contributed by atoms with Crippen LogP contribution in [0.3, 0.4) is 0 Å². The zero-order valence-electron chi connectivity index (χ0n) is 16.9. The maximum absolute atomic E-state index is 12.8. The Bertz CT molecular complexity index is 1160. The minimum atomic E-state index is -3.44. The summed E-state index contributed by atoms with van der Waals surface area (Å²) in [6, 6.07) is 11.9. The molecule has 1 aromatic carbocycles. The summed E-state index contributed by atoms with van der Waals surface area (Å²) in [7, 11) is -3.44. The number of aromatic nitrogens is 2. The molecule has 0 bridgehead atoms. The fourth-order valence-corrected chi connectivity index (χ4v) is 4.62. The number of nitrogens with zero attached hydrogens (tertiary/aromatic N) is 2. The first-order chi connectivity index (χ1) is 14.9. The SMILES string of the molecule is C=CCNS(=O)(=O)Cc1ccc(NC(=O)c2cccnc2SCc2cc(C)on2)cc1. The number of pyridine rings is 1. The van der Waals surface area contributed by atoms with Crippen LogP contribution in [0.25, 0.3) is 0 Å². The summed E-state index contributed by atoms with van der Waals surface area (Å²) in [6.45, 7) is 5.49. The fraction of sp³-hybridized carbons (Fsp3) is 0.190. The molecular weight excluding hydrogens is 436 g/mol. The van der Waals surface area contributed by atoms with Gasteiger partial charge in [0.05, 0.1) is 17.0 Å². The maximum Gasteiger partial charge on any atom is 0.258 e. The molecule has 31 heavy (non-hydrogen) atoms. The van der Waals surface area contributed by atoms with E-state index in [4.69, 9.17) is 4.52 Å². The molecule has 0 saturated carbocycles. The molecular formula is C21H22N4O4S2. The van der Waals surface area contributed by atoms with Gasteiger partial charge in [-0.25, -0.2) is 18.1 Å². The average Bonchev–Trinajstić information content (AvgIpc) is 3.17. The van der Waals surface area contributed by atoms with Gasteiger partial charge < -0.3 is 9.84 Å². The maximum atomic E-state index is 12.8. The van der Waals surface area contributed by atoms with Crippen LogP contribution in [-0.4, -0.2) is 31.0 Å². The molecule has 0 atom stereocenters. The molecule has 2 heterocycles. The topological polar surface area (TPSA) is 114 Å². The van der Waals surface area contributed by atoms with Gasteiger partial charge in [-0.05, 0) is 36.8 Å². The molecule has 2 aromatic heterocycles. The molecule has 0 aliphatic rings. The molecule has 3 rings (SSSR count). The Kier molecular flexibility index (Phi) is 7.61. The van der Waals surface area contributed by atoms with Gasteiger partial charge in [0, 0.05) is 30.2 Å². The monoisotopic (exact) mass is 458 g/mol. The molecule has 2 N–H and O–H groups in total. The van der Waals surface area contributed by atoms with Crippen LogP contribution in [0.2, 0.25) is 0 Å². The van der Waals surface area contributed by atoms with Gasteiger partial charge in [0.25, 0.3) is 5.91 Å². The lowest BCUT2D eigenvalue weighted by atomic mass is 10.2. The van der Waals surface area contributed by atoms with Crippen LogP contribution < -0.4 is 10.0 Å². The number of anilines is 1. The highest BCUT2D eigenvalue weighted by Gasteiger charge is 2.15. The van der Waals surface area contributed by atoms with Crippen LogP contribution >= 0.6 is 11.8 Å². The van der Waals surface area contributed by atoms with E-state index in [1.54, 1.807) is 42.6 Å². The summed E-state index contributed by atoms with van der Waals surface area (Å²) in [6.07, 6.45) is 3.11. The Morgan fingerprint density at radius 2 is 2.03 bits per heavy atom. The molecule has 0 aliphatic carbocycles. The van der Waals surface area contributed by atoms with Crippen molar-refractivity contribution in [2.45, 2.75) is 23.5 Å². The second-order valence-corrected chi connectivity index (χ2v) is 9.39. The molecule has 8 nitrogen and oxygen atoms in total. The van der Waals surface area contributed by atoms with Gasteiger partial charge in [-0.15, -0.1) is 6.58 Å². The van der Waals surface area contributed by atoms with Crippen molar-refractivity contribution in [1.29, 1.82) is 0 Å². The van der Waals surface area contributed by atoms with Crippen LogP contribution in [0.1, 0.15) is 27.4 Å². The van der Waals surface area contributed by atoms with Crippen molar-refractivity contribution in [2.75, 3.05) is 11.9 Å². The van der Waals surface area contributed by atoms with Crippen molar-refractivity contribution in [3.8, 4) is 0 Å². The van der Waals surface area contributed by atoms with Crippen LogP contribution in [0.5, 0.6) is 0 Å². The smallest absolute Gasteiger partial charge is 0.258 e. The van der Waals surface area contributed by atoms with E-state index in [-0.39, 0.29) is 18.2 Å². The summed E-state index contributed by atoms with van der Waals surface area (Å²) < 4.78 is 31.4. The van der Waals surface area contributed by atoms with Gasteiger partial charge in [0.1, 0.15) is 10.8 Å². The van der Waals surface area contributed by atoms with Gasteiger partial charge in [0.2, 0.25) is 10.0 Å². The molecule has 0 radical (unpaired) electrons. The van der Waals surface area contributed by atoms with E-state index in [2.05, 4.69) is 26.8 Å². The first-order valence-corrected chi connectivity index (χ1v) is 12.0. The Balaban J connectivity index is 1.64. The fourth-order valence-electron chi connectivity index (χ4n) is 2.65. The minimum Gasteiger partial charge on any atom is -0.361 e. The van der Waals surface area contributed by atoms with Gasteiger partial charge in [-0.1, -0.05) is 35.1 Å². The second-order valence-electron chi connectivity index (χ2n) is 6.62. The number of sulfonamides is 1. The van der Waals surface area contributed by atoms with E-state index in [9.17, 15) is 13.2 Å². The van der Waals surface area contributed by atoms with Gasteiger partial charge >= 0.3 is 0 Å². The number of carbonyl (C=O) groups is 1. The van der Waals surface area contributed by atoms with Crippen molar-refractivity contribution in [1.82, 2.24) is 14.9 Å². The van der Waals surface area contributed by atoms with E-state index in [1.165, 1.54) is 17.8 Å². The van der Waals surface area contributed by atoms with Crippen molar-refractivity contribution in [3.63, 3.8) is 0 Å². The standard InChI is InChI=1S/C21H22N4O4S2/c1-3-10-23-31(27,28)14-16-6-8-17(9-7-16)24-20(26)19-5-4-11-22-21(19)30-13-18-12-15(2)29-25-18/h3-9,11-12,23H,1,10,13-14H2,2H3,(H,24,26). The van der Waals surface area contributed by atoms with E-state index < -0.39 is 10.0 Å². The van der Waals surface area contributed by atoms with Crippen molar-refractivity contribution >= 4 is 33.4 Å². The first-order valence-electron chi connectivity index (χ1n) is 9.35. The molecule has 0 aliphatic heterocycles. The Morgan fingerprint density at radius 3 is 2.71 bits per heavy atom. The van der Waals surface area contributed by atoms with Crippen molar-refractivity contribution in [3.05, 3.63) is 83.9 Å². The molecule has 10 heteroatoms. The highest BCUT2D eigenvalue weighted by atomic mass is 32.2. The van der Waals surface area contributed by atoms with Crippen LogP contribution in [0.15, 0.2) is 70.9 Å². The molecule has 0 saturated heterocycles. The number of hydrogen-bond donors (Lipinski definition) is 2. The van der Waals surface area contributed by atoms with Crippen LogP contribution in [-0.2, 0) is 21.5 Å². The third-order valence-electron chi connectivity index (χ3n) is 4.07.